The molecule has 3 aromatic rings. The van der Waals surface area contributed by atoms with Gasteiger partial charge in [-0.05, 0) is 17.2 Å². The third kappa shape index (κ3) is 4.14. The second-order valence-electron chi connectivity index (χ2n) is 6.95. The van der Waals surface area contributed by atoms with Crippen molar-refractivity contribution < 1.29 is 13.7 Å². The molecule has 2 heterocycles. The molecule has 1 fully saturated rings. The molecule has 0 radical (unpaired) electrons. The molecule has 2 N–H and O–H groups in total. The molecular weight excluding hydrogens is 371 g/mol. The van der Waals surface area contributed by atoms with Gasteiger partial charge in [-0.2, -0.15) is 4.99 Å². The lowest BCUT2D eigenvalue weighted by molar-refractivity contribution is 0.0675. The van der Waals surface area contributed by atoms with Crippen LogP contribution in [0.4, 0.5) is 10.3 Å². The number of rotatable bonds is 4. The lowest BCUT2D eigenvalue weighted by Gasteiger charge is -2.27. The van der Waals surface area contributed by atoms with Crippen LogP contribution in [0.1, 0.15) is 24.1 Å². The van der Waals surface area contributed by atoms with Gasteiger partial charge in [-0.1, -0.05) is 54.5 Å². The van der Waals surface area contributed by atoms with Crippen LogP contribution in [0.5, 0.6) is 0 Å². The first-order chi connectivity index (χ1) is 14.1. The van der Waals surface area contributed by atoms with Crippen LogP contribution < -0.4 is 5.73 Å². The number of halogens is 1. The highest BCUT2D eigenvalue weighted by Gasteiger charge is 2.21. The monoisotopic (exact) mass is 394 g/mol. The quantitative estimate of drug-likeness (QED) is 0.536. The number of ether oxygens (including phenoxy) is 1. The van der Waals surface area contributed by atoms with E-state index < -0.39 is 0 Å². The maximum atomic E-state index is 14.7. The number of hydrogen-bond acceptors (Lipinski definition) is 4. The summed E-state index contributed by atoms with van der Waals surface area (Å²) >= 11 is 0. The first-order valence-corrected chi connectivity index (χ1v) is 9.61. The molecule has 0 aliphatic carbocycles. The number of nitrogens with zero attached hydrogens (tertiary/aromatic N) is 3. The summed E-state index contributed by atoms with van der Waals surface area (Å²) in [4.78, 5) is 6.28. The second-order valence-corrected chi connectivity index (χ2v) is 6.95. The Kier molecular flexibility index (Phi) is 5.57. The van der Waals surface area contributed by atoms with E-state index in [4.69, 9.17) is 15.0 Å². The fraction of sp³-hybridized carbons (Fsp3) is 0.273. The highest BCUT2D eigenvalue weighted by atomic mass is 19.1. The Bertz CT molecular complexity index is 997. The Morgan fingerprint density at radius 2 is 1.90 bits per heavy atom. The first kappa shape index (κ1) is 19.1. The molecule has 1 aromatic heterocycles. The minimum absolute atomic E-state index is 0.182. The fourth-order valence-corrected chi connectivity index (χ4v) is 3.48. The van der Waals surface area contributed by atoms with E-state index in [2.05, 4.69) is 10.1 Å². The molecule has 4 rings (SSSR count). The molecule has 6 nitrogen and oxygen atoms in total. The minimum Gasteiger partial charge on any atom is -0.378 e. The zero-order valence-corrected chi connectivity index (χ0v) is 16.2. The number of benzene rings is 2. The molecule has 1 aliphatic rings. The van der Waals surface area contributed by atoms with Gasteiger partial charge in [0.15, 0.2) is 5.96 Å². The van der Waals surface area contributed by atoms with Crippen molar-refractivity contribution in [2.45, 2.75) is 12.8 Å². The molecular formula is C22H23FN4O2. The number of aliphatic imine (C=N–C) groups is 1. The summed E-state index contributed by atoms with van der Waals surface area (Å²) in [6.07, 6.45) is 0. The van der Waals surface area contributed by atoms with Gasteiger partial charge in [-0.3, -0.25) is 0 Å². The van der Waals surface area contributed by atoms with Gasteiger partial charge < -0.3 is 19.9 Å². The van der Waals surface area contributed by atoms with Crippen molar-refractivity contribution in [2.24, 2.45) is 10.7 Å². The van der Waals surface area contributed by atoms with Crippen LogP contribution in [-0.2, 0) is 4.74 Å². The molecule has 29 heavy (non-hydrogen) atoms. The van der Waals surface area contributed by atoms with Gasteiger partial charge in [-0.25, -0.2) is 4.39 Å². The Morgan fingerprint density at radius 1 is 1.14 bits per heavy atom. The van der Waals surface area contributed by atoms with E-state index in [9.17, 15) is 4.39 Å². The van der Waals surface area contributed by atoms with E-state index in [0.717, 1.165) is 11.1 Å². The SMILES string of the molecule is C[C@H](c1cc(N=C(N)N2CCOCC2)on1)c1cccc(F)c1-c1ccccc1. The molecule has 150 valence electrons. The van der Waals surface area contributed by atoms with Crippen molar-refractivity contribution in [3.8, 4) is 11.1 Å². The van der Waals surface area contributed by atoms with Gasteiger partial charge in [0.2, 0.25) is 0 Å². The maximum absolute atomic E-state index is 14.7. The summed E-state index contributed by atoms with van der Waals surface area (Å²) in [6.45, 7) is 4.60. The minimum atomic E-state index is -0.265. The molecule has 2 aromatic carbocycles. The molecule has 0 spiro atoms. The van der Waals surface area contributed by atoms with E-state index >= 15 is 0 Å². The predicted octanol–water partition coefficient (Wildman–Crippen LogP) is 3.91. The van der Waals surface area contributed by atoms with Gasteiger partial charge in [0.1, 0.15) is 5.82 Å². The van der Waals surface area contributed by atoms with Gasteiger partial charge in [-0.15, -0.1) is 0 Å². The highest BCUT2D eigenvalue weighted by Crippen LogP contribution is 2.35. The van der Waals surface area contributed by atoms with Crippen LogP contribution in [0.15, 0.2) is 64.1 Å². The Balaban J connectivity index is 1.62. The van der Waals surface area contributed by atoms with Gasteiger partial charge in [0.25, 0.3) is 5.88 Å². The van der Waals surface area contributed by atoms with Crippen LogP contribution >= 0.6 is 0 Å². The third-order valence-electron chi connectivity index (χ3n) is 5.09. The Hall–Kier alpha value is -3.19. The maximum Gasteiger partial charge on any atom is 0.253 e. The fourth-order valence-electron chi connectivity index (χ4n) is 3.48. The standard InChI is InChI=1S/C22H23FN4O2/c1-15(17-8-5-9-18(23)21(17)16-6-3-2-4-7-16)19-14-20(29-26-19)25-22(24)27-10-12-28-13-11-27/h2-9,14-15H,10-13H2,1H3,(H2,24,25)/t15-/m0/s1. The zero-order chi connectivity index (χ0) is 20.2. The number of aromatic nitrogens is 1. The average molecular weight is 394 g/mol. The molecule has 0 unspecified atom stereocenters. The summed E-state index contributed by atoms with van der Waals surface area (Å²) in [7, 11) is 0. The van der Waals surface area contributed by atoms with E-state index in [1.807, 2.05) is 48.2 Å². The van der Waals surface area contributed by atoms with Crippen molar-refractivity contribution in [3.05, 3.63) is 71.7 Å². The van der Waals surface area contributed by atoms with E-state index in [1.165, 1.54) is 6.07 Å². The number of hydrogen-bond donors (Lipinski definition) is 1. The predicted molar refractivity (Wildman–Crippen MR) is 110 cm³/mol. The van der Waals surface area contributed by atoms with Crippen LogP contribution in [0.2, 0.25) is 0 Å². The van der Waals surface area contributed by atoms with Gasteiger partial charge >= 0.3 is 0 Å². The third-order valence-corrected chi connectivity index (χ3v) is 5.09. The van der Waals surface area contributed by atoms with E-state index in [1.54, 1.807) is 12.1 Å². The summed E-state index contributed by atoms with van der Waals surface area (Å²) in [5.74, 6) is 0.255. The molecule has 1 atom stereocenters. The summed E-state index contributed by atoms with van der Waals surface area (Å²) < 4.78 is 25.4. The van der Waals surface area contributed by atoms with Crippen LogP contribution in [-0.4, -0.2) is 42.3 Å². The summed E-state index contributed by atoms with van der Waals surface area (Å²) in [6, 6.07) is 16.3. The Labute approximate surface area is 168 Å². The number of guanidine groups is 1. The van der Waals surface area contributed by atoms with Crippen molar-refractivity contribution >= 4 is 11.8 Å². The van der Waals surface area contributed by atoms with Crippen LogP contribution in [0.3, 0.4) is 0 Å². The average Bonchev–Trinajstić information content (AvgIpc) is 3.22. The zero-order valence-electron chi connectivity index (χ0n) is 16.2. The molecule has 1 aliphatic heterocycles. The van der Waals surface area contributed by atoms with Crippen molar-refractivity contribution in [2.75, 3.05) is 26.3 Å². The molecule has 0 bridgehead atoms. The molecule has 0 amide bonds. The summed E-state index contributed by atoms with van der Waals surface area (Å²) in [5, 5.41) is 4.15. The van der Waals surface area contributed by atoms with Gasteiger partial charge in [0, 0.05) is 30.6 Å². The lowest BCUT2D eigenvalue weighted by Crippen LogP contribution is -2.44. The number of nitrogens with two attached hydrogens (primary N) is 1. The van der Waals surface area contributed by atoms with Gasteiger partial charge in [0.05, 0.1) is 18.9 Å². The van der Waals surface area contributed by atoms with Crippen molar-refractivity contribution in [1.29, 1.82) is 0 Å². The smallest absolute Gasteiger partial charge is 0.253 e. The highest BCUT2D eigenvalue weighted by molar-refractivity contribution is 5.80. The normalized spacial score (nSPS) is 16.1. The largest absolute Gasteiger partial charge is 0.378 e. The second kappa shape index (κ2) is 8.45. The van der Waals surface area contributed by atoms with Crippen LogP contribution in [0.25, 0.3) is 11.1 Å². The van der Waals surface area contributed by atoms with E-state index in [-0.39, 0.29) is 11.7 Å². The molecule has 7 heteroatoms. The number of morpholine rings is 1. The molecule has 1 saturated heterocycles. The van der Waals surface area contributed by atoms with Crippen molar-refractivity contribution in [1.82, 2.24) is 10.1 Å². The lowest BCUT2D eigenvalue weighted by atomic mass is 9.89. The Morgan fingerprint density at radius 3 is 2.66 bits per heavy atom. The topological polar surface area (TPSA) is 76.9 Å². The van der Waals surface area contributed by atoms with E-state index in [0.29, 0.717) is 49.4 Å². The summed E-state index contributed by atoms with van der Waals surface area (Å²) in [5.41, 5.74) is 8.98. The molecule has 0 saturated carbocycles. The van der Waals surface area contributed by atoms with Crippen LogP contribution in [0, 0.1) is 5.82 Å². The first-order valence-electron chi connectivity index (χ1n) is 9.61. The van der Waals surface area contributed by atoms with Crippen molar-refractivity contribution in [3.63, 3.8) is 0 Å².